The molecule has 2 atom stereocenters. The van der Waals surface area contributed by atoms with Gasteiger partial charge in [-0.25, -0.2) is 0 Å². The molecule has 3 heterocycles. The minimum atomic E-state index is -1.70. The Morgan fingerprint density at radius 3 is 2.76 bits per heavy atom. The van der Waals surface area contributed by atoms with Crippen LogP contribution in [0.2, 0.25) is 0 Å². The van der Waals surface area contributed by atoms with E-state index in [2.05, 4.69) is 10.3 Å². The number of nitrogens with zero attached hydrogens (tertiary/aromatic N) is 3. The van der Waals surface area contributed by atoms with E-state index in [4.69, 9.17) is 10.5 Å². The van der Waals surface area contributed by atoms with Crippen LogP contribution in [0.5, 0.6) is 0 Å². The van der Waals surface area contributed by atoms with Crippen LogP contribution in [-0.4, -0.2) is 66.0 Å². The second-order valence-electron chi connectivity index (χ2n) is 8.29. The number of ether oxygens (including phenoxy) is 1. The van der Waals surface area contributed by atoms with Crippen LogP contribution >= 0.6 is 12.4 Å². The summed E-state index contributed by atoms with van der Waals surface area (Å²) in [5.41, 5.74) is 10.0. The van der Waals surface area contributed by atoms with E-state index in [1.165, 1.54) is 4.90 Å². The zero-order chi connectivity index (χ0) is 23.3. The molecule has 34 heavy (non-hydrogen) atoms. The Morgan fingerprint density at radius 2 is 1.97 bits per heavy atom. The highest BCUT2D eigenvalue weighted by molar-refractivity contribution is 6.05. The lowest BCUT2D eigenvalue weighted by molar-refractivity contribution is -0.150. The van der Waals surface area contributed by atoms with Crippen molar-refractivity contribution in [3.05, 3.63) is 58.7 Å². The number of nitrogens with two attached hydrogens (primary N) is 1. The quantitative estimate of drug-likeness (QED) is 0.581. The van der Waals surface area contributed by atoms with Crippen molar-refractivity contribution in [1.82, 2.24) is 4.90 Å². The van der Waals surface area contributed by atoms with Gasteiger partial charge in [0.2, 0.25) is 0 Å². The highest BCUT2D eigenvalue weighted by atomic mass is 35.5. The van der Waals surface area contributed by atoms with Gasteiger partial charge in [0.1, 0.15) is 5.84 Å². The molecule has 1 fully saturated rings. The van der Waals surface area contributed by atoms with Gasteiger partial charge in [-0.3, -0.25) is 19.4 Å². The largest absolute Gasteiger partial charge is 0.383 e. The van der Waals surface area contributed by atoms with Crippen LogP contribution in [0, 0.1) is 0 Å². The maximum absolute atomic E-state index is 13.1. The molecule has 1 saturated heterocycles. The number of anilines is 2. The summed E-state index contributed by atoms with van der Waals surface area (Å²) < 4.78 is 5.48. The molecule has 0 bridgehead atoms. The van der Waals surface area contributed by atoms with Crippen LogP contribution in [0.4, 0.5) is 11.4 Å². The van der Waals surface area contributed by atoms with E-state index < -0.39 is 24.0 Å². The monoisotopic (exact) mass is 485 g/mol. The van der Waals surface area contributed by atoms with Gasteiger partial charge in [-0.05, 0) is 47.5 Å². The van der Waals surface area contributed by atoms with Gasteiger partial charge in [-0.15, -0.1) is 12.4 Å². The summed E-state index contributed by atoms with van der Waals surface area (Å²) in [5.74, 6) is -0.873. The summed E-state index contributed by atoms with van der Waals surface area (Å²) >= 11 is 0. The number of fused-ring (bicyclic) bond motifs is 2. The lowest BCUT2D eigenvalue weighted by Gasteiger charge is -2.34. The molecule has 2 aromatic carbocycles. The number of aliphatic hydroxyl groups excluding tert-OH is 1. The minimum Gasteiger partial charge on any atom is -0.383 e. The third-order valence-corrected chi connectivity index (χ3v) is 6.13. The van der Waals surface area contributed by atoms with E-state index in [1.807, 2.05) is 0 Å². The molecule has 0 saturated carbocycles. The second-order valence-corrected chi connectivity index (χ2v) is 8.29. The molecule has 3 amide bonds. The van der Waals surface area contributed by atoms with Gasteiger partial charge in [-0.1, -0.05) is 0 Å². The van der Waals surface area contributed by atoms with Gasteiger partial charge >= 0.3 is 0 Å². The number of aliphatic hydroxyl groups is 1. The molecule has 2 aromatic rings. The number of benzene rings is 2. The van der Waals surface area contributed by atoms with Crippen molar-refractivity contribution in [1.29, 1.82) is 0 Å². The normalized spacial score (nSPS) is 19.8. The van der Waals surface area contributed by atoms with E-state index in [0.29, 0.717) is 35.9 Å². The average Bonchev–Trinajstić information content (AvgIpc) is 3.31. The Morgan fingerprint density at radius 1 is 1.21 bits per heavy atom. The van der Waals surface area contributed by atoms with Crippen molar-refractivity contribution in [3.63, 3.8) is 0 Å². The number of hydrogen-bond acceptors (Lipinski definition) is 7. The molecule has 5 rings (SSSR count). The highest BCUT2D eigenvalue weighted by Crippen LogP contribution is 2.28. The Bertz CT molecular complexity index is 1220. The van der Waals surface area contributed by atoms with Gasteiger partial charge in [-0.2, -0.15) is 0 Å². The summed E-state index contributed by atoms with van der Waals surface area (Å²) in [4.78, 5) is 45.1. The SMILES string of the molecule is CN1Cc2cc(N3CCO[C@H]([C@@H](O)C(=O)Nc4ccc5c(c4)CN=C5N)C3=O)ccc2C1=O.Cl. The molecule has 178 valence electrons. The Hall–Kier alpha value is -3.47. The van der Waals surface area contributed by atoms with Gasteiger partial charge in [0.15, 0.2) is 12.2 Å². The van der Waals surface area contributed by atoms with E-state index in [1.54, 1.807) is 48.3 Å². The van der Waals surface area contributed by atoms with Crippen molar-refractivity contribution < 1.29 is 24.2 Å². The van der Waals surface area contributed by atoms with Crippen LogP contribution in [0.3, 0.4) is 0 Å². The van der Waals surface area contributed by atoms with E-state index in [-0.39, 0.29) is 31.5 Å². The second kappa shape index (κ2) is 9.05. The molecule has 10 nitrogen and oxygen atoms in total. The third kappa shape index (κ3) is 4.00. The van der Waals surface area contributed by atoms with E-state index >= 15 is 0 Å². The number of amidine groups is 1. The Kier molecular flexibility index (Phi) is 6.30. The summed E-state index contributed by atoms with van der Waals surface area (Å²) in [7, 11) is 1.72. The zero-order valence-corrected chi connectivity index (χ0v) is 19.2. The van der Waals surface area contributed by atoms with Crippen molar-refractivity contribution >= 4 is 47.3 Å². The number of hydrogen-bond donors (Lipinski definition) is 3. The molecule has 0 aliphatic carbocycles. The van der Waals surface area contributed by atoms with E-state index in [0.717, 1.165) is 16.7 Å². The predicted octanol–water partition coefficient (Wildman–Crippen LogP) is 0.644. The first-order chi connectivity index (χ1) is 15.8. The predicted molar refractivity (Wildman–Crippen MR) is 127 cm³/mol. The number of amides is 3. The molecular weight excluding hydrogens is 462 g/mol. The average molecular weight is 486 g/mol. The van der Waals surface area contributed by atoms with Crippen molar-refractivity contribution in [2.45, 2.75) is 25.3 Å². The fraction of sp³-hybridized carbons (Fsp3) is 0.304. The third-order valence-electron chi connectivity index (χ3n) is 6.13. The van der Waals surface area contributed by atoms with Crippen LogP contribution in [-0.2, 0) is 27.4 Å². The van der Waals surface area contributed by atoms with Gasteiger partial charge in [0.25, 0.3) is 17.7 Å². The number of carbonyl (C=O) groups excluding carboxylic acids is 3. The molecule has 0 aromatic heterocycles. The first-order valence-corrected chi connectivity index (χ1v) is 10.6. The fourth-order valence-electron chi connectivity index (χ4n) is 4.37. The van der Waals surface area contributed by atoms with Gasteiger partial charge < -0.3 is 30.7 Å². The molecule has 0 spiro atoms. The summed E-state index contributed by atoms with van der Waals surface area (Å²) in [6.07, 6.45) is -3.04. The Labute approximate surface area is 201 Å². The number of rotatable bonds is 4. The van der Waals surface area contributed by atoms with Crippen LogP contribution in [0.25, 0.3) is 0 Å². The van der Waals surface area contributed by atoms with Crippen molar-refractivity contribution in [2.24, 2.45) is 10.7 Å². The molecule has 3 aliphatic rings. The van der Waals surface area contributed by atoms with Crippen LogP contribution < -0.4 is 16.0 Å². The highest BCUT2D eigenvalue weighted by Gasteiger charge is 2.40. The zero-order valence-electron chi connectivity index (χ0n) is 18.4. The van der Waals surface area contributed by atoms with Crippen molar-refractivity contribution in [2.75, 3.05) is 30.4 Å². The molecule has 0 radical (unpaired) electrons. The van der Waals surface area contributed by atoms with E-state index in [9.17, 15) is 19.5 Å². The number of aliphatic imine (C=N–C) groups is 1. The van der Waals surface area contributed by atoms with Gasteiger partial charge in [0, 0.05) is 42.6 Å². The number of morpholine rings is 1. The smallest absolute Gasteiger partial charge is 0.259 e. The summed E-state index contributed by atoms with van der Waals surface area (Å²) in [6, 6.07) is 10.3. The Balaban J connectivity index is 0.00000274. The fourth-order valence-corrected chi connectivity index (χ4v) is 4.37. The van der Waals surface area contributed by atoms with Crippen molar-refractivity contribution in [3.8, 4) is 0 Å². The number of halogens is 1. The van der Waals surface area contributed by atoms with Crippen LogP contribution in [0.15, 0.2) is 41.4 Å². The number of carbonyl (C=O) groups is 3. The maximum atomic E-state index is 13.1. The molecule has 4 N–H and O–H groups in total. The first kappa shape index (κ1) is 23.7. The summed E-state index contributed by atoms with van der Waals surface area (Å²) in [5, 5.41) is 13.2. The molecule has 0 unspecified atom stereocenters. The molecule has 11 heteroatoms. The van der Waals surface area contributed by atoms with Crippen LogP contribution in [0.1, 0.15) is 27.0 Å². The molecule has 3 aliphatic heterocycles. The molecular formula is C23H24ClN5O5. The lowest BCUT2D eigenvalue weighted by atomic mass is 10.1. The van der Waals surface area contributed by atoms with Gasteiger partial charge in [0.05, 0.1) is 13.2 Å². The first-order valence-electron chi connectivity index (χ1n) is 10.6. The maximum Gasteiger partial charge on any atom is 0.259 e. The minimum absolute atomic E-state index is 0. The lowest BCUT2D eigenvalue weighted by Crippen LogP contribution is -2.55. The number of nitrogens with one attached hydrogen (secondary N) is 1. The topological polar surface area (TPSA) is 138 Å². The standard InChI is InChI=1S/C23H23N5O5.ClH/c1-27-11-13-9-15(3-5-17(13)22(27)31)28-6-7-33-19(23(28)32)18(29)21(30)26-14-2-4-16-12(8-14)10-25-20(16)24;/h2-5,8-9,18-19,29H,6-7,10-11H2,1H3,(H2,24,25)(H,26,30);1H/t18-,19-;/m1./s1. The summed E-state index contributed by atoms with van der Waals surface area (Å²) in [6.45, 7) is 1.33.